The summed E-state index contributed by atoms with van der Waals surface area (Å²) in [5.41, 5.74) is 1.91. The Kier molecular flexibility index (Phi) is 4.42. The smallest absolute Gasteiger partial charge is 0.307 e. The van der Waals surface area contributed by atoms with Crippen LogP contribution < -0.4 is 4.90 Å². The number of carboxylic acids is 1. The van der Waals surface area contributed by atoms with Crippen LogP contribution in [0.25, 0.3) is 0 Å². The number of nitrogens with zero attached hydrogens (tertiary/aromatic N) is 1. The van der Waals surface area contributed by atoms with E-state index in [2.05, 4.69) is 0 Å². The molecule has 0 radical (unpaired) electrons. The molecule has 0 heterocycles. The molecule has 1 aromatic rings. The van der Waals surface area contributed by atoms with Crippen LogP contribution in [0.3, 0.4) is 0 Å². The highest BCUT2D eigenvalue weighted by molar-refractivity contribution is 5.96. The van der Waals surface area contributed by atoms with Crippen LogP contribution in [-0.4, -0.2) is 24.0 Å². The average molecular weight is 275 g/mol. The number of anilines is 1. The van der Waals surface area contributed by atoms with Gasteiger partial charge in [0.1, 0.15) is 0 Å². The predicted octanol–water partition coefficient (Wildman–Crippen LogP) is 2.85. The van der Waals surface area contributed by atoms with Crippen LogP contribution in [0.4, 0.5) is 5.69 Å². The van der Waals surface area contributed by atoms with Gasteiger partial charge in [0.05, 0.1) is 11.8 Å². The lowest BCUT2D eigenvalue weighted by atomic mass is 9.78. The second-order valence-corrected chi connectivity index (χ2v) is 5.57. The van der Waals surface area contributed by atoms with Crippen molar-refractivity contribution in [2.75, 3.05) is 11.9 Å². The summed E-state index contributed by atoms with van der Waals surface area (Å²) >= 11 is 0. The quantitative estimate of drug-likeness (QED) is 0.922. The van der Waals surface area contributed by atoms with Crippen molar-refractivity contribution in [2.45, 2.75) is 32.6 Å². The van der Waals surface area contributed by atoms with E-state index in [1.807, 2.05) is 31.2 Å². The van der Waals surface area contributed by atoms with Gasteiger partial charge in [-0.1, -0.05) is 25.0 Å². The Morgan fingerprint density at radius 3 is 2.45 bits per heavy atom. The molecule has 0 bridgehead atoms. The van der Waals surface area contributed by atoms with E-state index in [0.29, 0.717) is 12.8 Å². The molecule has 2 atom stereocenters. The molecule has 0 aliphatic heterocycles. The fourth-order valence-corrected chi connectivity index (χ4v) is 2.93. The summed E-state index contributed by atoms with van der Waals surface area (Å²) in [6, 6.07) is 7.70. The number of amides is 1. The molecule has 20 heavy (non-hydrogen) atoms. The lowest BCUT2D eigenvalue weighted by Gasteiger charge is -2.31. The minimum atomic E-state index is -0.847. The third kappa shape index (κ3) is 3.00. The first kappa shape index (κ1) is 14.6. The molecule has 0 saturated heterocycles. The molecule has 0 unspecified atom stereocenters. The Balaban J connectivity index is 2.18. The lowest BCUT2D eigenvalue weighted by molar-refractivity contribution is -0.148. The first-order valence-corrected chi connectivity index (χ1v) is 7.07. The second-order valence-electron chi connectivity index (χ2n) is 5.57. The molecule has 1 aliphatic rings. The molecule has 1 aromatic carbocycles. The Bertz CT molecular complexity index is 512. The maximum Gasteiger partial charge on any atom is 0.307 e. The van der Waals surface area contributed by atoms with Crippen LogP contribution in [0, 0.1) is 18.8 Å². The van der Waals surface area contributed by atoms with Gasteiger partial charge in [0.2, 0.25) is 5.91 Å². The van der Waals surface area contributed by atoms with Crippen molar-refractivity contribution in [3.63, 3.8) is 0 Å². The third-order valence-corrected chi connectivity index (χ3v) is 4.12. The minimum absolute atomic E-state index is 0.0808. The predicted molar refractivity (Wildman–Crippen MR) is 77.7 cm³/mol. The SMILES string of the molecule is Cc1cccc(N(C)C(=O)[C@@H]2CCCC[C@@H]2C(=O)O)c1. The van der Waals surface area contributed by atoms with E-state index >= 15 is 0 Å². The van der Waals surface area contributed by atoms with E-state index in [-0.39, 0.29) is 5.91 Å². The molecule has 0 spiro atoms. The van der Waals surface area contributed by atoms with E-state index in [1.165, 1.54) is 0 Å². The largest absolute Gasteiger partial charge is 0.481 e. The topological polar surface area (TPSA) is 57.6 Å². The summed E-state index contributed by atoms with van der Waals surface area (Å²) < 4.78 is 0. The molecule has 1 amide bonds. The monoisotopic (exact) mass is 275 g/mol. The van der Waals surface area contributed by atoms with Gasteiger partial charge in [0.25, 0.3) is 0 Å². The van der Waals surface area contributed by atoms with Crippen LogP contribution in [-0.2, 0) is 9.59 Å². The third-order valence-electron chi connectivity index (χ3n) is 4.12. The summed E-state index contributed by atoms with van der Waals surface area (Å²) in [7, 11) is 1.73. The van der Waals surface area contributed by atoms with E-state index < -0.39 is 17.8 Å². The molecule has 0 aromatic heterocycles. The van der Waals surface area contributed by atoms with Crippen LogP contribution in [0.2, 0.25) is 0 Å². The summed E-state index contributed by atoms with van der Waals surface area (Å²) in [6.45, 7) is 1.97. The van der Waals surface area contributed by atoms with E-state index in [1.54, 1.807) is 11.9 Å². The van der Waals surface area contributed by atoms with Crippen molar-refractivity contribution in [3.05, 3.63) is 29.8 Å². The van der Waals surface area contributed by atoms with Gasteiger partial charge >= 0.3 is 5.97 Å². The van der Waals surface area contributed by atoms with Gasteiger partial charge in [-0.3, -0.25) is 9.59 Å². The second kappa shape index (κ2) is 6.07. The maximum absolute atomic E-state index is 12.6. The molecule has 1 saturated carbocycles. The molecule has 1 aliphatic carbocycles. The van der Waals surface area contributed by atoms with E-state index in [4.69, 9.17) is 0 Å². The summed E-state index contributed by atoms with van der Waals surface area (Å²) in [5, 5.41) is 9.28. The number of aliphatic carboxylic acids is 1. The maximum atomic E-state index is 12.6. The molecule has 108 valence electrons. The van der Waals surface area contributed by atoms with Crippen LogP contribution in [0.15, 0.2) is 24.3 Å². The van der Waals surface area contributed by atoms with Gasteiger partial charge in [0.15, 0.2) is 0 Å². The molecule has 2 rings (SSSR count). The number of benzene rings is 1. The number of aryl methyl sites for hydroxylation is 1. The normalized spacial score (nSPS) is 22.3. The lowest BCUT2D eigenvalue weighted by Crippen LogP contribution is -2.40. The van der Waals surface area contributed by atoms with Gasteiger partial charge < -0.3 is 10.0 Å². The molecular formula is C16H21NO3. The molecule has 4 nitrogen and oxygen atoms in total. The molecule has 1 fully saturated rings. The van der Waals surface area contributed by atoms with Gasteiger partial charge in [-0.2, -0.15) is 0 Å². The molecular weight excluding hydrogens is 254 g/mol. The fraction of sp³-hybridized carbons (Fsp3) is 0.500. The van der Waals surface area contributed by atoms with Crippen molar-refractivity contribution in [1.29, 1.82) is 0 Å². The first-order chi connectivity index (χ1) is 9.50. The van der Waals surface area contributed by atoms with Crippen LogP contribution >= 0.6 is 0 Å². The Labute approximate surface area is 119 Å². The number of hydrogen-bond acceptors (Lipinski definition) is 2. The Hall–Kier alpha value is -1.84. The van der Waals surface area contributed by atoms with Gasteiger partial charge in [-0.25, -0.2) is 0 Å². The Morgan fingerprint density at radius 1 is 1.20 bits per heavy atom. The zero-order valence-corrected chi connectivity index (χ0v) is 12.0. The zero-order chi connectivity index (χ0) is 14.7. The Morgan fingerprint density at radius 2 is 1.85 bits per heavy atom. The van der Waals surface area contributed by atoms with Crippen molar-refractivity contribution in [1.82, 2.24) is 0 Å². The summed E-state index contributed by atoms with van der Waals surface area (Å²) in [5.74, 6) is -1.86. The van der Waals surface area contributed by atoms with Crippen molar-refractivity contribution in [2.24, 2.45) is 11.8 Å². The van der Waals surface area contributed by atoms with Gasteiger partial charge in [-0.05, 0) is 37.5 Å². The van der Waals surface area contributed by atoms with Crippen molar-refractivity contribution < 1.29 is 14.7 Å². The number of carbonyl (C=O) groups is 2. The highest BCUT2D eigenvalue weighted by atomic mass is 16.4. The van der Waals surface area contributed by atoms with Crippen LogP contribution in [0.5, 0.6) is 0 Å². The van der Waals surface area contributed by atoms with E-state index in [0.717, 1.165) is 24.1 Å². The van der Waals surface area contributed by atoms with Crippen molar-refractivity contribution in [3.8, 4) is 0 Å². The number of rotatable bonds is 3. The average Bonchev–Trinajstić information content (AvgIpc) is 2.45. The summed E-state index contributed by atoms with van der Waals surface area (Å²) in [6.07, 6.45) is 3.11. The van der Waals surface area contributed by atoms with Crippen LogP contribution in [0.1, 0.15) is 31.2 Å². The zero-order valence-electron chi connectivity index (χ0n) is 12.0. The van der Waals surface area contributed by atoms with Gasteiger partial charge in [-0.15, -0.1) is 0 Å². The fourth-order valence-electron chi connectivity index (χ4n) is 2.93. The van der Waals surface area contributed by atoms with Crippen molar-refractivity contribution >= 4 is 17.6 Å². The number of carboxylic acid groups (broad SMARTS) is 1. The first-order valence-electron chi connectivity index (χ1n) is 7.07. The molecule has 1 N–H and O–H groups in total. The minimum Gasteiger partial charge on any atom is -0.481 e. The summed E-state index contributed by atoms with van der Waals surface area (Å²) in [4.78, 5) is 25.5. The standard InChI is InChI=1S/C16H21NO3/c1-11-6-5-7-12(10-11)17(2)15(18)13-8-3-4-9-14(13)16(19)20/h5-7,10,13-14H,3-4,8-9H2,1-2H3,(H,19,20)/t13-,14+/m1/s1. The molecule has 4 heteroatoms. The van der Waals surface area contributed by atoms with Gasteiger partial charge in [0, 0.05) is 12.7 Å². The number of carbonyl (C=O) groups excluding carboxylic acids is 1. The number of hydrogen-bond donors (Lipinski definition) is 1. The van der Waals surface area contributed by atoms with E-state index in [9.17, 15) is 14.7 Å². The highest BCUT2D eigenvalue weighted by Crippen LogP contribution is 2.32. The highest BCUT2D eigenvalue weighted by Gasteiger charge is 2.37.